The smallest absolute Gasteiger partial charge is 0.285 e. The zero-order chi connectivity index (χ0) is 12.8. The summed E-state index contributed by atoms with van der Waals surface area (Å²) in [6, 6.07) is 8.36. The van der Waals surface area contributed by atoms with Crippen molar-refractivity contribution < 1.29 is 4.43 Å². The van der Waals surface area contributed by atoms with Crippen molar-refractivity contribution in [2.75, 3.05) is 0 Å². The van der Waals surface area contributed by atoms with Crippen LogP contribution in [0, 0.1) is 6.92 Å². The molecule has 1 aromatic rings. The lowest BCUT2D eigenvalue weighted by atomic mass is 10.1. The van der Waals surface area contributed by atoms with Crippen LogP contribution in [0.15, 0.2) is 30.5 Å². The largest absolute Gasteiger partial charge is 0.547 e. The highest BCUT2D eigenvalue weighted by Crippen LogP contribution is 2.21. The summed E-state index contributed by atoms with van der Waals surface area (Å²) in [6.07, 6.45) is 3.96. The van der Waals surface area contributed by atoms with Crippen molar-refractivity contribution in [3.8, 4) is 0 Å². The van der Waals surface area contributed by atoms with Crippen LogP contribution < -0.4 is 0 Å². The van der Waals surface area contributed by atoms with Gasteiger partial charge in [-0.1, -0.05) is 52.0 Å². The third-order valence-electron chi connectivity index (χ3n) is 2.78. The highest BCUT2D eigenvalue weighted by Gasteiger charge is 2.22. The Hall–Kier alpha value is -1.02. The van der Waals surface area contributed by atoms with E-state index in [0.717, 1.165) is 0 Å². The topological polar surface area (TPSA) is 9.23 Å². The van der Waals surface area contributed by atoms with Crippen LogP contribution in [-0.4, -0.2) is 9.04 Å². The standard InChI is InChI=1S/C15H23OSi/c1-12(2)17(13(3)4)16-11-10-15-9-7-6-8-14(15)5/h6-13H,1-5H3. The molecule has 0 aliphatic carbocycles. The Morgan fingerprint density at radius 1 is 1.06 bits per heavy atom. The summed E-state index contributed by atoms with van der Waals surface area (Å²) >= 11 is 0. The van der Waals surface area contributed by atoms with Gasteiger partial charge in [-0.2, -0.15) is 0 Å². The summed E-state index contributed by atoms with van der Waals surface area (Å²) < 4.78 is 5.95. The molecule has 0 atom stereocenters. The second-order valence-corrected chi connectivity index (χ2v) is 8.34. The van der Waals surface area contributed by atoms with E-state index >= 15 is 0 Å². The fourth-order valence-corrected chi connectivity index (χ4v) is 4.00. The fourth-order valence-electron chi connectivity index (χ4n) is 1.90. The van der Waals surface area contributed by atoms with Crippen molar-refractivity contribution >= 4 is 15.1 Å². The van der Waals surface area contributed by atoms with E-state index in [2.05, 4.69) is 65.0 Å². The molecule has 1 nitrogen and oxygen atoms in total. The van der Waals surface area contributed by atoms with Crippen molar-refractivity contribution in [3.63, 3.8) is 0 Å². The van der Waals surface area contributed by atoms with E-state index in [9.17, 15) is 0 Å². The Labute approximate surface area is 107 Å². The first-order chi connectivity index (χ1) is 8.02. The first-order valence-electron chi connectivity index (χ1n) is 6.28. The second kappa shape index (κ2) is 6.65. The molecule has 0 saturated carbocycles. The van der Waals surface area contributed by atoms with Crippen molar-refractivity contribution in [3.05, 3.63) is 41.7 Å². The van der Waals surface area contributed by atoms with Gasteiger partial charge in [0, 0.05) is 0 Å². The maximum absolute atomic E-state index is 5.95. The molecule has 1 aromatic carbocycles. The molecule has 17 heavy (non-hydrogen) atoms. The van der Waals surface area contributed by atoms with Crippen molar-refractivity contribution in [2.45, 2.75) is 45.7 Å². The van der Waals surface area contributed by atoms with E-state index in [4.69, 9.17) is 4.43 Å². The third-order valence-corrected chi connectivity index (χ3v) is 5.46. The van der Waals surface area contributed by atoms with Gasteiger partial charge in [-0.05, 0) is 35.2 Å². The predicted octanol–water partition coefficient (Wildman–Crippen LogP) is 4.79. The van der Waals surface area contributed by atoms with Gasteiger partial charge < -0.3 is 4.43 Å². The molecule has 0 amide bonds. The molecule has 1 rings (SSSR count). The van der Waals surface area contributed by atoms with Crippen molar-refractivity contribution in [2.24, 2.45) is 0 Å². The molecule has 0 bridgehead atoms. The molecule has 0 N–H and O–H groups in total. The average Bonchev–Trinajstić information content (AvgIpc) is 2.25. The highest BCUT2D eigenvalue weighted by atomic mass is 28.3. The lowest BCUT2D eigenvalue weighted by Crippen LogP contribution is -2.23. The van der Waals surface area contributed by atoms with Crippen LogP contribution in [0.25, 0.3) is 6.08 Å². The summed E-state index contributed by atoms with van der Waals surface area (Å²) in [5, 5.41) is 0. The molecule has 0 spiro atoms. The van der Waals surface area contributed by atoms with Crippen LogP contribution in [0.1, 0.15) is 38.8 Å². The van der Waals surface area contributed by atoms with Crippen LogP contribution in [0.5, 0.6) is 0 Å². The minimum Gasteiger partial charge on any atom is -0.547 e. The summed E-state index contributed by atoms with van der Waals surface area (Å²) in [4.78, 5) is 0. The molecule has 0 aliphatic rings. The molecule has 1 radical (unpaired) electrons. The number of benzene rings is 1. The molecular formula is C15H23OSi. The Morgan fingerprint density at radius 2 is 1.65 bits per heavy atom. The van der Waals surface area contributed by atoms with Crippen LogP contribution in [0.4, 0.5) is 0 Å². The molecule has 0 heterocycles. The predicted molar refractivity (Wildman–Crippen MR) is 77.2 cm³/mol. The SMILES string of the molecule is Cc1ccccc1C=CO[Si](C(C)C)C(C)C. The Kier molecular flexibility index (Phi) is 5.49. The van der Waals surface area contributed by atoms with Crippen LogP contribution in [0.2, 0.25) is 11.1 Å². The van der Waals surface area contributed by atoms with Crippen LogP contribution in [-0.2, 0) is 4.43 Å². The molecule has 2 heteroatoms. The van der Waals surface area contributed by atoms with Crippen LogP contribution in [0.3, 0.4) is 0 Å². The zero-order valence-electron chi connectivity index (χ0n) is 11.5. The third kappa shape index (κ3) is 4.39. The molecule has 0 aromatic heterocycles. The van der Waals surface area contributed by atoms with E-state index in [1.54, 1.807) is 0 Å². The number of rotatable bonds is 5. The Morgan fingerprint density at radius 3 is 2.18 bits per heavy atom. The van der Waals surface area contributed by atoms with E-state index in [1.165, 1.54) is 11.1 Å². The molecular weight excluding hydrogens is 224 g/mol. The van der Waals surface area contributed by atoms with E-state index in [0.29, 0.717) is 11.1 Å². The molecule has 0 fully saturated rings. The second-order valence-electron chi connectivity index (χ2n) is 4.99. The van der Waals surface area contributed by atoms with E-state index in [-0.39, 0.29) is 0 Å². The molecule has 0 unspecified atom stereocenters. The van der Waals surface area contributed by atoms with Gasteiger partial charge in [0.15, 0.2) is 0 Å². The maximum atomic E-state index is 5.95. The minimum atomic E-state index is -0.748. The quantitative estimate of drug-likeness (QED) is 0.537. The van der Waals surface area contributed by atoms with Crippen molar-refractivity contribution in [1.82, 2.24) is 0 Å². The average molecular weight is 247 g/mol. The van der Waals surface area contributed by atoms with E-state index in [1.807, 2.05) is 6.26 Å². The molecule has 0 aliphatic heterocycles. The Bertz CT molecular complexity index is 361. The van der Waals surface area contributed by atoms with Crippen molar-refractivity contribution in [1.29, 1.82) is 0 Å². The number of hydrogen-bond acceptors (Lipinski definition) is 1. The highest BCUT2D eigenvalue weighted by molar-refractivity contribution is 6.55. The summed E-state index contributed by atoms with van der Waals surface area (Å²) in [5.74, 6) is 0. The first kappa shape index (κ1) is 14.0. The van der Waals surface area contributed by atoms with Gasteiger partial charge in [-0.3, -0.25) is 0 Å². The van der Waals surface area contributed by atoms with E-state index < -0.39 is 9.04 Å². The first-order valence-corrected chi connectivity index (χ1v) is 7.84. The van der Waals surface area contributed by atoms with Gasteiger partial charge in [-0.15, -0.1) is 0 Å². The lowest BCUT2D eigenvalue weighted by Gasteiger charge is -2.20. The van der Waals surface area contributed by atoms with Gasteiger partial charge in [0.25, 0.3) is 9.04 Å². The minimum absolute atomic E-state index is 0.640. The normalized spacial score (nSPS) is 12.0. The molecule has 93 valence electrons. The zero-order valence-corrected chi connectivity index (χ0v) is 12.5. The summed E-state index contributed by atoms with van der Waals surface area (Å²) in [5.41, 5.74) is 3.81. The Balaban J connectivity index is 2.63. The van der Waals surface area contributed by atoms with Crippen LogP contribution >= 0.6 is 0 Å². The fraction of sp³-hybridized carbons (Fsp3) is 0.467. The summed E-state index contributed by atoms with van der Waals surface area (Å²) in [6.45, 7) is 11.1. The lowest BCUT2D eigenvalue weighted by molar-refractivity contribution is 0.468. The van der Waals surface area contributed by atoms with Gasteiger partial charge >= 0.3 is 0 Å². The maximum Gasteiger partial charge on any atom is 0.285 e. The summed E-state index contributed by atoms with van der Waals surface area (Å²) in [7, 11) is -0.748. The van der Waals surface area contributed by atoms with Gasteiger partial charge in [0.05, 0.1) is 6.26 Å². The van der Waals surface area contributed by atoms with Gasteiger partial charge in [0.2, 0.25) is 0 Å². The molecule has 0 saturated heterocycles. The monoisotopic (exact) mass is 247 g/mol. The number of aryl methyl sites for hydroxylation is 1. The van der Waals surface area contributed by atoms with Gasteiger partial charge in [0.1, 0.15) is 0 Å². The van der Waals surface area contributed by atoms with Gasteiger partial charge in [-0.25, -0.2) is 0 Å². The number of hydrogen-bond donors (Lipinski definition) is 0.